The van der Waals surface area contributed by atoms with Gasteiger partial charge >= 0.3 is 0 Å². The first kappa shape index (κ1) is 24.9. The fourth-order valence-electron chi connectivity index (χ4n) is 4.22. The number of aliphatic hydroxyl groups is 5. The van der Waals surface area contributed by atoms with Crippen molar-refractivity contribution in [3.8, 4) is 11.1 Å². The maximum Gasteiger partial charge on any atom is 0.256 e. The number of anilines is 1. The predicted molar refractivity (Wildman–Crippen MR) is 128 cm³/mol. The summed E-state index contributed by atoms with van der Waals surface area (Å²) in [6.45, 7) is 1.21. The van der Waals surface area contributed by atoms with Crippen LogP contribution in [0.15, 0.2) is 66.9 Å². The van der Waals surface area contributed by atoms with Crippen LogP contribution < -0.4 is 5.32 Å². The molecule has 1 aliphatic rings. The largest absolute Gasteiger partial charge is 0.394 e. The Morgan fingerprint density at radius 3 is 2.46 bits per heavy atom. The molecule has 2 aromatic carbocycles. The van der Waals surface area contributed by atoms with Crippen LogP contribution in [0.4, 0.5) is 5.82 Å². The van der Waals surface area contributed by atoms with Crippen LogP contribution in [-0.2, 0) is 4.74 Å². The molecule has 1 fully saturated rings. The summed E-state index contributed by atoms with van der Waals surface area (Å²) in [7, 11) is 0. The molecule has 9 heteroatoms. The summed E-state index contributed by atoms with van der Waals surface area (Å²) in [5, 5.41) is 53.4. The molecule has 1 aliphatic heterocycles. The van der Waals surface area contributed by atoms with Crippen molar-refractivity contribution < 1.29 is 35.1 Å². The maximum absolute atomic E-state index is 12.6. The highest BCUT2D eigenvalue weighted by Crippen LogP contribution is 2.33. The molecule has 0 spiro atoms. The Hall–Kier alpha value is -3.18. The van der Waals surface area contributed by atoms with Crippen LogP contribution in [-0.4, -0.2) is 73.6 Å². The van der Waals surface area contributed by atoms with Gasteiger partial charge in [0.1, 0.15) is 42.4 Å². The van der Waals surface area contributed by atoms with Crippen LogP contribution >= 0.6 is 0 Å². The zero-order chi connectivity index (χ0) is 25.1. The molecule has 0 bridgehead atoms. The van der Waals surface area contributed by atoms with E-state index in [-0.39, 0.29) is 5.91 Å². The van der Waals surface area contributed by atoms with Gasteiger partial charge in [-0.25, -0.2) is 4.98 Å². The van der Waals surface area contributed by atoms with E-state index in [1.807, 2.05) is 12.1 Å². The Labute approximate surface area is 202 Å². The number of ether oxygens (including phenoxy) is 1. The third kappa shape index (κ3) is 5.25. The van der Waals surface area contributed by atoms with E-state index in [1.54, 1.807) is 61.7 Å². The molecule has 0 saturated carbocycles. The summed E-state index contributed by atoms with van der Waals surface area (Å²) >= 11 is 0. The monoisotopic (exact) mass is 480 g/mol. The van der Waals surface area contributed by atoms with E-state index in [2.05, 4.69) is 10.3 Å². The molecule has 35 heavy (non-hydrogen) atoms. The van der Waals surface area contributed by atoms with Gasteiger partial charge in [-0.15, -0.1) is 0 Å². The lowest BCUT2D eigenvalue weighted by Crippen LogP contribution is -2.59. The van der Waals surface area contributed by atoms with Gasteiger partial charge in [0.15, 0.2) is 0 Å². The maximum atomic E-state index is 12.6. The standard InChI is InChI=1S/C26H28N2O7/c1-14-11-16(15-5-4-6-17(12-15)26(34)28-20-7-2-3-10-27-20)8-9-18(14)21(30)25-24(33)23(32)22(31)19(13-29)35-25/h2-12,19,21-25,29-33H,13H2,1H3,(H,27,28,34)/t19?,21?,22-,23?,24?,25-/m1/s1. The van der Waals surface area contributed by atoms with Crippen molar-refractivity contribution in [2.24, 2.45) is 0 Å². The second kappa shape index (κ2) is 10.6. The second-order valence-electron chi connectivity index (χ2n) is 8.56. The first-order valence-electron chi connectivity index (χ1n) is 11.2. The number of aliphatic hydroxyl groups excluding tert-OH is 5. The predicted octanol–water partition coefficient (Wildman–Crippen LogP) is 1.19. The highest BCUT2D eigenvalue weighted by atomic mass is 16.6. The quantitative estimate of drug-likeness (QED) is 0.308. The zero-order valence-electron chi connectivity index (χ0n) is 19.0. The minimum absolute atomic E-state index is 0.295. The van der Waals surface area contributed by atoms with E-state index in [0.29, 0.717) is 22.5 Å². The van der Waals surface area contributed by atoms with E-state index in [4.69, 9.17) is 4.74 Å². The SMILES string of the molecule is Cc1cc(-c2cccc(C(=O)Nc3ccccn3)c2)ccc1C(O)[C@H]1OC(CO)[C@@H](O)C(O)C1O. The van der Waals surface area contributed by atoms with Crippen LogP contribution in [0.5, 0.6) is 0 Å². The zero-order valence-corrected chi connectivity index (χ0v) is 19.0. The Morgan fingerprint density at radius 1 is 1.00 bits per heavy atom. The summed E-state index contributed by atoms with van der Waals surface area (Å²) in [6, 6.07) is 17.6. The fourth-order valence-corrected chi connectivity index (χ4v) is 4.22. The van der Waals surface area contributed by atoms with Crippen LogP contribution in [0.25, 0.3) is 11.1 Å². The summed E-state index contributed by atoms with van der Waals surface area (Å²) in [4.78, 5) is 16.7. The van der Waals surface area contributed by atoms with Crippen LogP contribution in [0.3, 0.4) is 0 Å². The van der Waals surface area contributed by atoms with Gasteiger partial charge in [-0.3, -0.25) is 4.79 Å². The minimum Gasteiger partial charge on any atom is -0.394 e. The van der Waals surface area contributed by atoms with Crippen LogP contribution in [0, 0.1) is 6.92 Å². The Balaban J connectivity index is 1.54. The normalized spacial score (nSPS) is 25.1. The van der Waals surface area contributed by atoms with E-state index in [0.717, 1.165) is 11.1 Å². The van der Waals surface area contributed by atoms with E-state index >= 15 is 0 Å². The third-order valence-corrected chi connectivity index (χ3v) is 6.19. The number of carbonyl (C=O) groups is 1. The molecule has 6 atom stereocenters. The van der Waals surface area contributed by atoms with Gasteiger partial charge in [-0.1, -0.05) is 36.4 Å². The summed E-state index contributed by atoms with van der Waals surface area (Å²) < 4.78 is 5.50. The number of aromatic nitrogens is 1. The smallest absolute Gasteiger partial charge is 0.256 e. The molecular formula is C26H28N2O7. The summed E-state index contributed by atoms with van der Waals surface area (Å²) in [6.07, 6.45) is -6.68. The molecule has 0 radical (unpaired) electrons. The van der Waals surface area contributed by atoms with E-state index in [1.165, 1.54) is 0 Å². The van der Waals surface area contributed by atoms with E-state index < -0.39 is 43.2 Å². The number of hydrogen-bond acceptors (Lipinski definition) is 8. The Kier molecular flexibility index (Phi) is 7.56. The van der Waals surface area contributed by atoms with Crippen molar-refractivity contribution in [1.29, 1.82) is 0 Å². The first-order valence-corrected chi connectivity index (χ1v) is 11.2. The molecular weight excluding hydrogens is 452 g/mol. The number of hydrogen-bond donors (Lipinski definition) is 6. The molecule has 0 aliphatic carbocycles. The third-order valence-electron chi connectivity index (χ3n) is 6.19. The highest BCUT2D eigenvalue weighted by molar-refractivity contribution is 6.04. The lowest BCUT2D eigenvalue weighted by atomic mass is 9.87. The van der Waals surface area contributed by atoms with Gasteiger partial charge in [0.05, 0.1) is 6.61 Å². The topological polar surface area (TPSA) is 152 Å². The molecule has 4 rings (SSSR count). The fraction of sp³-hybridized carbons (Fsp3) is 0.308. The van der Waals surface area contributed by atoms with Crippen molar-refractivity contribution in [1.82, 2.24) is 4.98 Å². The molecule has 4 unspecified atom stereocenters. The first-order chi connectivity index (χ1) is 16.8. The van der Waals surface area contributed by atoms with Gasteiger partial charge < -0.3 is 35.6 Å². The molecule has 6 N–H and O–H groups in total. The van der Waals surface area contributed by atoms with Gasteiger partial charge in [-0.2, -0.15) is 0 Å². The summed E-state index contributed by atoms with van der Waals surface area (Å²) in [5.41, 5.74) is 3.20. The number of amides is 1. The number of benzene rings is 2. The average molecular weight is 481 g/mol. The van der Waals surface area contributed by atoms with Gasteiger partial charge in [0.2, 0.25) is 0 Å². The number of nitrogens with zero attached hydrogens (tertiary/aromatic N) is 1. The van der Waals surface area contributed by atoms with Gasteiger partial charge in [0.25, 0.3) is 5.91 Å². The molecule has 9 nitrogen and oxygen atoms in total. The number of nitrogens with one attached hydrogen (secondary N) is 1. The van der Waals surface area contributed by atoms with Crippen molar-refractivity contribution in [2.75, 3.05) is 11.9 Å². The molecule has 1 aromatic heterocycles. The van der Waals surface area contributed by atoms with Crippen molar-refractivity contribution >= 4 is 11.7 Å². The molecule has 184 valence electrons. The minimum atomic E-state index is -1.57. The number of aryl methyl sites for hydroxylation is 1. The van der Waals surface area contributed by atoms with Crippen molar-refractivity contribution in [3.05, 3.63) is 83.6 Å². The van der Waals surface area contributed by atoms with Crippen LogP contribution in [0.2, 0.25) is 0 Å². The number of pyridine rings is 1. The Morgan fingerprint density at radius 2 is 1.77 bits per heavy atom. The summed E-state index contributed by atoms with van der Waals surface area (Å²) in [5.74, 6) is 0.155. The van der Waals surface area contributed by atoms with Gasteiger partial charge in [0, 0.05) is 11.8 Å². The molecule has 3 aromatic rings. The van der Waals surface area contributed by atoms with Crippen molar-refractivity contribution in [3.63, 3.8) is 0 Å². The van der Waals surface area contributed by atoms with Gasteiger partial charge in [-0.05, 0) is 53.4 Å². The highest BCUT2D eigenvalue weighted by Gasteiger charge is 2.46. The Bertz CT molecular complexity index is 1170. The average Bonchev–Trinajstić information content (AvgIpc) is 2.88. The van der Waals surface area contributed by atoms with Crippen molar-refractivity contribution in [2.45, 2.75) is 43.5 Å². The lowest BCUT2D eigenvalue weighted by Gasteiger charge is -2.42. The molecule has 1 amide bonds. The second-order valence-corrected chi connectivity index (χ2v) is 8.56. The van der Waals surface area contributed by atoms with Crippen LogP contribution in [0.1, 0.15) is 27.6 Å². The lowest BCUT2D eigenvalue weighted by molar-refractivity contribution is -0.250. The number of rotatable bonds is 6. The van der Waals surface area contributed by atoms with E-state index in [9.17, 15) is 30.3 Å². The molecule has 2 heterocycles. The number of carbonyl (C=O) groups excluding carboxylic acids is 1. The molecule has 1 saturated heterocycles.